The van der Waals surface area contributed by atoms with Gasteiger partial charge in [-0.25, -0.2) is 9.97 Å². The summed E-state index contributed by atoms with van der Waals surface area (Å²) in [6.07, 6.45) is 3.30. The van der Waals surface area contributed by atoms with Crippen LogP contribution in [-0.4, -0.2) is 28.6 Å². The average molecular weight is 302 g/mol. The molecule has 0 amide bonds. The zero-order valence-electron chi connectivity index (χ0n) is 10.1. The number of aromatic nitrogens is 2. The van der Waals surface area contributed by atoms with E-state index >= 15 is 0 Å². The first-order valence-corrected chi connectivity index (χ1v) is 6.24. The van der Waals surface area contributed by atoms with Crippen molar-refractivity contribution in [2.45, 2.75) is 26.8 Å². The molecular formula is C11H16BrN3O2. The molecule has 0 aliphatic heterocycles. The quantitative estimate of drug-likeness (QED) is 0.845. The van der Waals surface area contributed by atoms with Gasteiger partial charge in [0, 0.05) is 18.4 Å². The fourth-order valence-electron chi connectivity index (χ4n) is 1.19. The molecule has 0 fully saturated rings. The van der Waals surface area contributed by atoms with Gasteiger partial charge in [0.2, 0.25) is 5.95 Å². The molecule has 17 heavy (non-hydrogen) atoms. The zero-order chi connectivity index (χ0) is 12.8. The summed E-state index contributed by atoms with van der Waals surface area (Å²) in [5, 5.41) is 3.06. The van der Waals surface area contributed by atoms with Gasteiger partial charge in [-0.3, -0.25) is 4.79 Å². The molecule has 5 nitrogen and oxygen atoms in total. The molecule has 1 aromatic heterocycles. The van der Waals surface area contributed by atoms with Crippen molar-refractivity contribution in [1.29, 1.82) is 0 Å². The number of rotatable bonds is 5. The molecule has 0 saturated carbocycles. The second kappa shape index (κ2) is 6.54. The molecule has 0 radical (unpaired) electrons. The summed E-state index contributed by atoms with van der Waals surface area (Å²) in [4.78, 5) is 19.7. The topological polar surface area (TPSA) is 64.1 Å². The van der Waals surface area contributed by atoms with Gasteiger partial charge in [-0.05, 0) is 36.7 Å². The summed E-state index contributed by atoms with van der Waals surface area (Å²) in [5.41, 5.74) is 0. The van der Waals surface area contributed by atoms with Crippen LogP contribution >= 0.6 is 15.9 Å². The van der Waals surface area contributed by atoms with Crippen LogP contribution in [0.4, 0.5) is 5.95 Å². The van der Waals surface area contributed by atoms with Crippen LogP contribution in [0.1, 0.15) is 20.8 Å². The van der Waals surface area contributed by atoms with Crippen molar-refractivity contribution in [1.82, 2.24) is 9.97 Å². The number of hydrogen-bond donors (Lipinski definition) is 1. The third-order valence-electron chi connectivity index (χ3n) is 2.39. The highest BCUT2D eigenvalue weighted by molar-refractivity contribution is 9.10. The molecule has 1 aromatic rings. The van der Waals surface area contributed by atoms with Gasteiger partial charge in [-0.15, -0.1) is 0 Å². The summed E-state index contributed by atoms with van der Waals surface area (Å²) in [6.45, 7) is 5.90. The van der Waals surface area contributed by atoms with E-state index in [1.807, 2.05) is 13.8 Å². The number of hydrogen-bond acceptors (Lipinski definition) is 5. The summed E-state index contributed by atoms with van der Waals surface area (Å²) in [7, 11) is 0. The number of carbonyl (C=O) groups excluding carboxylic acids is 1. The van der Waals surface area contributed by atoms with Gasteiger partial charge in [-0.1, -0.05) is 0 Å². The lowest BCUT2D eigenvalue weighted by atomic mass is 10.0. The number of anilines is 1. The van der Waals surface area contributed by atoms with E-state index in [2.05, 4.69) is 31.2 Å². The molecule has 94 valence electrons. The normalized spacial score (nSPS) is 13.9. The summed E-state index contributed by atoms with van der Waals surface area (Å²) < 4.78 is 5.77. The predicted octanol–water partition coefficient (Wildman–Crippen LogP) is 2.24. The molecule has 0 aliphatic carbocycles. The fraction of sp³-hybridized carbons (Fsp3) is 0.545. The van der Waals surface area contributed by atoms with Crippen molar-refractivity contribution in [2.24, 2.45) is 5.92 Å². The zero-order valence-corrected chi connectivity index (χ0v) is 11.7. The lowest BCUT2D eigenvalue weighted by molar-refractivity contribution is -0.147. The van der Waals surface area contributed by atoms with Gasteiger partial charge in [0.1, 0.15) is 0 Å². The maximum absolute atomic E-state index is 11.5. The Morgan fingerprint density at radius 1 is 1.47 bits per heavy atom. The molecule has 1 N–H and O–H groups in total. The molecule has 0 spiro atoms. The Labute approximate surface area is 109 Å². The first-order valence-electron chi connectivity index (χ1n) is 5.45. The van der Waals surface area contributed by atoms with Crippen molar-refractivity contribution in [3.05, 3.63) is 16.9 Å². The Kier molecular flexibility index (Phi) is 5.34. The molecule has 2 atom stereocenters. The fourth-order valence-corrected chi connectivity index (χ4v) is 1.40. The smallest absolute Gasteiger partial charge is 0.310 e. The summed E-state index contributed by atoms with van der Waals surface area (Å²) in [5.74, 6) is 0.0312. The SMILES string of the molecule is CCOC(=O)[C@H](C)[C@H](C)Nc1ncc(Br)cn1. The van der Waals surface area contributed by atoms with E-state index in [4.69, 9.17) is 4.74 Å². The minimum atomic E-state index is -0.248. The molecule has 1 rings (SSSR count). The third-order valence-corrected chi connectivity index (χ3v) is 2.79. The van der Waals surface area contributed by atoms with Crippen LogP contribution in [-0.2, 0) is 9.53 Å². The van der Waals surface area contributed by atoms with Gasteiger partial charge < -0.3 is 10.1 Å². The molecule has 6 heteroatoms. The van der Waals surface area contributed by atoms with E-state index in [9.17, 15) is 4.79 Å². The van der Waals surface area contributed by atoms with Crippen LogP contribution in [0.25, 0.3) is 0 Å². The van der Waals surface area contributed by atoms with E-state index in [1.165, 1.54) is 0 Å². The molecule has 0 aromatic carbocycles. The van der Waals surface area contributed by atoms with E-state index in [1.54, 1.807) is 19.3 Å². The van der Waals surface area contributed by atoms with Crippen LogP contribution in [0.3, 0.4) is 0 Å². The highest BCUT2D eigenvalue weighted by Gasteiger charge is 2.21. The van der Waals surface area contributed by atoms with Crippen molar-refractivity contribution in [3.63, 3.8) is 0 Å². The molecule has 1 heterocycles. The predicted molar refractivity (Wildman–Crippen MR) is 68.6 cm³/mol. The number of carbonyl (C=O) groups is 1. The number of nitrogens with zero attached hydrogens (tertiary/aromatic N) is 2. The van der Waals surface area contributed by atoms with Gasteiger partial charge in [0.05, 0.1) is 17.0 Å². The largest absolute Gasteiger partial charge is 0.466 e. The Hall–Kier alpha value is -1.17. The Morgan fingerprint density at radius 2 is 2.06 bits per heavy atom. The van der Waals surface area contributed by atoms with E-state index in [0.717, 1.165) is 4.47 Å². The highest BCUT2D eigenvalue weighted by Crippen LogP contribution is 2.12. The van der Waals surface area contributed by atoms with Gasteiger partial charge in [0.15, 0.2) is 0 Å². The van der Waals surface area contributed by atoms with E-state index in [0.29, 0.717) is 12.6 Å². The molecule has 0 aliphatic rings. The van der Waals surface area contributed by atoms with Crippen molar-refractivity contribution >= 4 is 27.8 Å². The maximum Gasteiger partial charge on any atom is 0.310 e. The summed E-state index contributed by atoms with van der Waals surface area (Å²) >= 11 is 3.26. The van der Waals surface area contributed by atoms with Crippen molar-refractivity contribution < 1.29 is 9.53 Å². The molecule has 0 bridgehead atoms. The van der Waals surface area contributed by atoms with Crippen LogP contribution < -0.4 is 5.32 Å². The standard InChI is InChI=1S/C11H16BrN3O2/c1-4-17-10(16)7(2)8(3)15-11-13-5-9(12)6-14-11/h5-8H,4H2,1-3H3,(H,13,14,15)/t7-,8+/m1/s1. The van der Waals surface area contributed by atoms with Crippen LogP contribution in [0, 0.1) is 5.92 Å². The van der Waals surface area contributed by atoms with Gasteiger partial charge in [-0.2, -0.15) is 0 Å². The van der Waals surface area contributed by atoms with Crippen molar-refractivity contribution in [3.8, 4) is 0 Å². The molecular weight excluding hydrogens is 286 g/mol. The Bertz CT molecular complexity index is 369. The number of halogens is 1. The van der Waals surface area contributed by atoms with Gasteiger partial charge in [0.25, 0.3) is 0 Å². The van der Waals surface area contributed by atoms with Crippen molar-refractivity contribution in [2.75, 3.05) is 11.9 Å². The minimum Gasteiger partial charge on any atom is -0.466 e. The van der Waals surface area contributed by atoms with Gasteiger partial charge >= 0.3 is 5.97 Å². The Balaban J connectivity index is 2.56. The average Bonchev–Trinajstić information content (AvgIpc) is 2.31. The van der Waals surface area contributed by atoms with Crippen LogP contribution in [0.15, 0.2) is 16.9 Å². The highest BCUT2D eigenvalue weighted by atomic mass is 79.9. The second-order valence-electron chi connectivity index (χ2n) is 3.70. The third kappa shape index (κ3) is 4.30. The maximum atomic E-state index is 11.5. The lowest BCUT2D eigenvalue weighted by Gasteiger charge is -2.19. The van der Waals surface area contributed by atoms with Crippen LogP contribution in [0.2, 0.25) is 0 Å². The van der Waals surface area contributed by atoms with E-state index in [-0.39, 0.29) is 17.9 Å². The first kappa shape index (κ1) is 13.9. The van der Waals surface area contributed by atoms with Crippen LogP contribution in [0.5, 0.6) is 0 Å². The Morgan fingerprint density at radius 3 is 2.59 bits per heavy atom. The number of ether oxygens (including phenoxy) is 1. The van der Waals surface area contributed by atoms with E-state index < -0.39 is 0 Å². The number of esters is 1. The lowest BCUT2D eigenvalue weighted by Crippen LogP contribution is -2.31. The monoisotopic (exact) mass is 301 g/mol. The second-order valence-corrected chi connectivity index (χ2v) is 4.61. The minimum absolute atomic E-state index is 0.0878. The first-order chi connectivity index (χ1) is 8.04. The number of nitrogens with one attached hydrogen (secondary N) is 1. The molecule has 0 saturated heterocycles. The molecule has 0 unspecified atom stereocenters. The summed E-state index contributed by atoms with van der Waals surface area (Å²) in [6, 6.07) is -0.0878.